The van der Waals surface area contributed by atoms with Crippen molar-refractivity contribution < 1.29 is 0 Å². The van der Waals surface area contributed by atoms with Crippen LogP contribution in [-0.4, -0.2) is 9.39 Å². The Morgan fingerprint density at radius 1 is 0.500 bits per heavy atom. The van der Waals surface area contributed by atoms with Gasteiger partial charge in [0.1, 0.15) is 0 Å². The lowest BCUT2D eigenvalue weighted by molar-refractivity contribution is 1.47. The molecule has 3 aromatic carbocycles. The summed E-state index contributed by atoms with van der Waals surface area (Å²) >= 11 is 1.91. The van der Waals surface area contributed by atoms with E-state index in [0.717, 1.165) is 9.39 Å². The van der Waals surface area contributed by atoms with Crippen LogP contribution in [0.4, 0.5) is 0 Å². The summed E-state index contributed by atoms with van der Waals surface area (Å²) in [6.45, 7) is 0. The lowest BCUT2D eigenvalue weighted by atomic mass is 10.0. The molecule has 0 saturated heterocycles. The lowest BCUT2D eigenvalue weighted by Gasteiger charge is -2.05. The molecule has 0 aliphatic heterocycles. The van der Waals surface area contributed by atoms with E-state index in [4.69, 9.17) is 0 Å². The molecule has 2 heteroatoms. The van der Waals surface area contributed by atoms with Crippen molar-refractivity contribution in [3.8, 4) is 22.3 Å². The van der Waals surface area contributed by atoms with Gasteiger partial charge in [-0.05, 0) is 34.4 Å². The molecular weight excluding hydrogens is 276 g/mol. The minimum absolute atomic E-state index is 1.15. The van der Waals surface area contributed by atoms with Crippen LogP contribution in [0.15, 0.2) is 83.8 Å². The molecule has 0 radical (unpaired) electrons. The molecule has 0 nitrogen and oxygen atoms in total. The number of hydrogen-bond donors (Lipinski definition) is 0. The molecule has 0 spiro atoms. The third-order valence-corrected chi connectivity index (χ3v) is 5.57. The van der Waals surface area contributed by atoms with Crippen molar-refractivity contribution in [1.29, 1.82) is 0 Å². The average Bonchev–Trinajstić information content (AvgIpc) is 2.56. The summed E-state index contributed by atoms with van der Waals surface area (Å²) in [5.74, 6) is 0. The van der Waals surface area contributed by atoms with E-state index in [9.17, 15) is 0 Å². The molecule has 0 saturated carbocycles. The minimum atomic E-state index is 1.15. The molecule has 3 rings (SSSR count). The molecule has 0 aromatic heterocycles. The van der Waals surface area contributed by atoms with Crippen molar-refractivity contribution in [3.05, 3.63) is 78.9 Å². The zero-order valence-corrected chi connectivity index (χ0v) is 14.2. The molecule has 0 aliphatic carbocycles. The first-order chi connectivity index (χ1) is 9.86. The Morgan fingerprint density at radius 2 is 0.900 bits per heavy atom. The smallest absolute Gasteiger partial charge is 0.0758 e. The molecule has 0 aliphatic rings. The predicted octanol–water partition coefficient (Wildman–Crippen LogP) is 4.39. The van der Waals surface area contributed by atoms with Gasteiger partial charge < -0.3 is 0 Å². The molecule has 0 atom stereocenters. The maximum atomic E-state index is 2.21. The molecule has 0 unspecified atom stereocenters. The van der Waals surface area contributed by atoms with E-state index in [-0.39, 0.29) is 0 Å². The average molecular weight is 292 g/mol. The van der Waals surface area contributed by atoms with E-state index in [1.165, 1.54) is 27.1 Å². The monoisotopic (exact) mass is 292 g/mol. The van der Waals surface area contributed by atoms with E-state index in [2.05, 4.69) is 72.8 Å². The zero-order chi connectivity index (χ0) is 13.8. The highest BCUT2D eigenvalue weighted by molar-refractivity contribution is 8.19. The summed E-state index contributed by atoms with van der Waals surface area (Å²) in [7, 11) is 1.15. The topological polar surface area (TPSA) is 0 Å². The Hall–Kier alpha value is -1.77. The SMILES string of the molecule is [SiH3]Sc1ccc(-c2ccc(-c3ccccc3)cc2)cc1. The van der Waals surface area contributed by atoms with Crippen LogP contribution in [0, 0.1) is 0 Å². The van der Waals surface area contributed by atoms with Gasteiger partial charge in [0.05, 0.1) is 9.39 Å². The van der Waals surface area contributed by atoms with Crippen molar-refractivity contribution in [2.24, 2.45) is 0 Å². The predicted molar refractivity (Wildman–Crippen MR) is 93.1 cm³/mol. The number of benzene rings is 3. The standard InChI is InChI=1S/C18H16SSi/c20-19-18-12-10-17(11-13-18)16-8-6-15(7-9-16)14-4-2-1-3-5-14/h1-13H,20H3. The highest BCUT2D eigenvalue weighted by Gasteiger charge is 2.00. The highest BCUT2D eigenvalue weighted by Crippen LogP contribution is 2.26. The van der Waals surface area contributed by atoms with Gasteiger partial charge in [0.15, 0.2) is 0 Å². The van der Waals surface area contributed by atoms with E-state index in [0.29, 0.717) is 0 Å². The van der Waals surface area contributed by atoms with Crippen molar-refractivity contribution >= 4 is 20.6 Å². The van der Waals surface area contributed by atoms with E-state index in [1.54, 1.807) is 0 Å². The fourth-order valence-electron chi connectivity index (χ4n) is 2.27. The summed E-state index contributed by atoms with van der Waals surface area (Å²) in [5, 5.41) is 0. The van der Waals surface area contributed by atoms with Gasteiger partial charge in [-0.15, -0.1) is 0 Å². The molecule has 0 fully saturated rings. The molecule has 98 valence electrons. The summed E-state index contributed by atoms with van der Waals surface area (Å²) in [6, 6.07) is 28.1. The zero-order valence-electron chi connectivity index (χ0n) is 11.4. The summed E-state index contributed by atoms with van der Waals surface area (Å²) < 4.78 is 0. The fourth-order valence-corrected chi connectivity index (χ4v) is 3.49. The highest BCUT2D eigenvalue weighted by atomic mass is 32.4. The van der Waals surface area contributed by atoms with Crippen LogP contribution in [-0.2, 0) is 0 Å². The van der Waals surface area contributed by atoms with Gasteiger partial charge in [-0.1, -0.05) is 66.7 Å². The Balaban J connectivity index is 1.89. The molecule has 0 N–H and O–H groups in total. The Labute approximate surface area is 126 Å². The van der Waals surface area contributed by atoms with Crippen LogP contribution < -0.4 is 0 Å². The van der Waals surface area contributed by atoms with Gasteiger partial charge in [0.25, 0.3) is 0 Å². The van der Waals surface area contributed by atoms with Gasteiger partial charge in [-0.3, -0.25) is 0 Å². The lowest BCUT2D eigenvalue weighted by Crippen LogP contribution is -1.80. The summed E-state index contributed by atoms with van der Waals surface area (Å²) in [4.78, 5) is 1.36. The second-order valence-electron chi connectivity index (χ2n) is 4.67. The second-order valence-corrected chi connectivity index (χ2v) is 6.78. The van der Waals surface area contributed by atoms with Crippen LogP contribution in [0.3, 0.4) is 0 Å². The van der Waals surface area contributed by atoms with E-state index >= 15 is 0 Å². The van der Waals surface area contributed by atoms with Gasteiger partial charge in [0.2, 0.25) is 0 Å². The molecule has 0 amide bonds. The number of hydrogen-bond acceptors (Lipinski definition) is 1. The molecule has 0 heterocycles. The van der Waals surface area contributed by atoms with Gasteiger partial charge in [0, 0.05) is 4.90 Å². The normalized spacial score (nSPS) is 10.6. The quantitative estimate of drug-likeness (QED) is 0.645. The molecular formula is C18H16SSi. The maximum absolute atomic E-state index is 2.21. The van der Waals surface area contributed by atoms with Crippen LogP contribution >= 0.6 is 11.2 Å². The first kappa shape index (κ1) is 13.2. The summed E-state index contributed by atoms with van der Waals surface area (Å²) in [6.07, 6.45) is 0. The fraction of sp³-hybridized carbons (Fsp3) is 0. The van der Waals surface area contributed by atoms with Crippen molar-refractivity contribution in [2.75, 3.05) is 0 Å². The molecule has 0 bridgehead atoms. The first-order valence-corrected chi connectivity index (χ1v) is 10.3. The van der Waals surface area contributed by atoms with Crippen molar-refractivity contribution in [2.45, 2.75) is 4.90 Å². The largest absolute Gasteiger partial charge is 0.164 e. The van der Waals surface area contributed by atoms with E-state index in [1.807, 2.05) is 17.3 Å². The Kier molecular flexibility index (Phi) is 4.05. The van der Waals surface area contributed by atoms with Gasteiger partial charge in [-0.2, -0.15) is 11.2 Å². The van der Waals surface area contributed by atoms with Crippen LogP contribution in [0.2, 0.25) is 0 Å². The van der Waals surface area contributed by atoms with Crippen LogP contribution in [0.5, 0.6) is 0 Å². The van der Waals surface area contributed by atoms with Crippen LogP contribution in [0.1, 0.15) is 0 Å². The summed E-state index contributed by atoms with van der Waals surface area (Å²) in [5.41, 5.74) is 5.08. The van der Waals surface area contributed by atoms with Gasteiger partial charge in [-0.25, -0.2) is 0 Å². The molecule has 3 aromatic rings. The van der Waals surface area contributed by atoms with E-state index < -0.39 is 0 Å². The van der Waals surface area contributed by atoms with Crippen LogP contribution in [0.25, 0.3) is 22.3 Å². The Morgan fingerprint density at radius 3 is 1.35 bits per heavy atom. The third-order valence-electron chi connectivity index (χ3n) is 3.42. The first-order valence-electron chi connectivity index (χ1n) is 6.67. The second kappa shape index (κ2) is 6.12. The minimum Gasteiger partial charge on any atom is -0.164 e. The molecule has 20 heavy (non-hydrogen) atoms. The van der Waals surface area contributed by atoms with Crippen molar-refractivity contribution in [1.82, 2.24) is 0 Å². The maximum Gasteiger partial charge on any atom is 0.0758 e. The third kappa shape index (κ3) is 2.87. The van der Waals surface area contributed by atoms with Gasteiger partial charge >= 0.3 is 0 Å². The van der Waals surface area contributed by atoms with Crippen molar-refractivity contribution in [3.63, 3.8) is 0 Å². The number of rotatable bonds is 3. The Bertz CT molecular complexity index is 673.